The number of fused-ring (bicyclic) bond motifs is 3. The van der Waals surface area contributed by atoms with Crippen LogP contribution in [0.1, 0.15) is 23.6 Å². The van der Waals surface area contributed by atoms with Gasteiger partial charge in [-0.15, -0.1) is 0 Å². The summed E-state index contributed by atoms with van der Waals surface area (Å²) in [5, 5.41) is 0.909. The SMILES string of the molecule is CCc1c(C)c2ccc3c(c2oc1=O)N=C(c1ccccc1)CO3. The minimum atomic E-state index is -0.294. The Morgan fingerprint density at radius 3 is 2.67 bits per heavy atom. The molecule has 0 spiro atoms. The molecule has 24 heavy (non-hydrogen) atoms. The van der Waals surface area contributed by atoms with E-state index >= 15 is 0 Å². The molecule has 0 unspecified atom stereocenters. The lowest BCUT2D eigenvalue weighted by Crippen LogP contribution is -2.17. The molecule has 0 fully saturated rings. The van der Waals surface area contributed by atoms with Crippen LogP contribution in [0.15, 0.2) is 56.7 Å². The standard InChI is InChI=1S/C20H17NO3/c1-3-14-12(2)15-9-10-17-18(19(15)24-20(14)22)21-16(11-23-17)13-7-5-4-6-8-13/h4-10H,3,11H2,1-2H3. The van der Waals surface area contributed by atoms with Crippen molar-refractivity contribution in [2.75, 3.05) is 6.61 Å². The van der Waals surface area contributed by atoms with Gasteiger partial charge in [0.15, 0.2) is 5.58 Å². The summed E-state index contributed by atoms with van der Waals surface area (Å²) in [6, 6.07) is 13.7. The van der Waals surface area contributed by atoms with Crippen LogP contribution in [0.4, 0.5) is 5.69 Å². The Hall–Kier alpha value is -2.88. The summed E-state index contributed by atoms with van der Waals surface area (Å²) >= 11 is 0. The largest absolute Gasteiger partial charge is 0.485 e. The predicted molar refractivity (Wildman–Crippen MR) is 94.7 cm³/mol. The van der Waals surface area contributed by atoms with E-state index in [1.807, 2.05) is 56.3 Å². The summed E-state index contributed by atoms with van der Waals surface area (Å²) in [6.07, 6.45) is 0.649. The van der Waals surface area contributed by atoms with E-state index < -0.39 is 0 Å². The lowest BCUT2D eigenvalue weighted by Gasteiger charge is -2.18. The fourth-order valence-electron chi connectivity index (χ4n) is 3.15. The first-order valence-electron chi connectivity index (χ1n) is 8.04. The molecule has 0 amide bonds. The van der Waals surface area contributed by atoms with E-state index in [0.29, 0.717) is 35.6 Å². The molecule has 0 radical (unpaired) electrons. The number of hydrogen-bond donors (Lipinski definition) is 0. The van der Waals surface area contributed by atoms with E-state index in [2.05, 4.69) is 0 Å². The Bertz CT molecular complexity index is 1020. The molecule has 2 aromatic carbocycles. The van der Waals surface area contributed by atoms with E-state index in [-0.39, 0.29) is 5.63 Å². The highest BCUT2D eigenvalue weighted by Crippen LogP contribution is 2.39. The Labute approximate surface area is 139 Å². The number of rotatable bonds is 2. The molecule has 0 saturated heterocycles. The Morgan fingerprint density at radius 2 is 1.92 bits per heavy atom. The molecule has 0 N–H and O–H groups in total. The highest BCUT2D eigenvalue weighted by Gasteiger charge is 2.21. The topological polar surface area (TPSA) is 51.8 Å². The molecule has 120 valence electrons. The van der Waals surface area contributed by atoms with Gasteiger partial charge in [-0.25, -0.2) is 9.79 Å². The quantitative estimate of drug-likeness (QED) is 0.666. The first kappa shape index (κ1) is 14.7. The third kappa shape index (κ3) is 2.22. The molecule has 0 bridgehead atoms. The molecule has 1 aliphatic heterocycles. The molecule has 3 aromatic rings. The summed E-state index contributed by atoms with van der Waals surface area (Å²) in [5.41, 5.74) is 4.30. The van der Waals surface area contributed by atoms with Crippen LogP contribution in [0.5, 0.6) is 5.75 Å². The fraction of sp³-hybridized carbons (Fsp3) is 0.200. The second-order valence-corrected chi connectivity index (χ2v) is 5.85. The molecule has 4 heteroatoms. The van der Waals surface area contributed by atoms with Crippen molar-refractivity contribution in [1.29, 1.82) is 0 Å². The molecule has 0 aliphatic carbocycles. The van der Waals surface area contributed by atoms with Gasteiger partial charge in [0.2, 0.25) is 0 Å². The molecule has 2 heterocycles. The van der Waals surface area contributed by atoms with Crippen molar-refractivity contribution in [2.24, 2.45) is 4.99 Å². The van der Waals surface area contributed by atoms with Crippen LogP contribution in [0.3, 0.4) is 0 Å². The van der Waals surface area contributed by atoms with E-state index in [1.54, 1.807) is 0 Å². The van der Waals surface area contributed by atoms with Gasteiger partial charge in [-0.05, 0) is 36.6 Å². The molecule has 1 aromatic heterocycles. The first-order valence-corrected chi connectivity index (χ1v) is 8.04. The summed E-state index contributed by atoms with van der Waals surface area (Å²) in [5.74, 6) is 0.647. The lowest BCUT2D eigenvalue weighted by atomic mass is 10.0. The second-order valence-electron chi connectivity index (χ2n) is 5.85. The zero-order valence-corrected chi connectivity index (χ0v) is 13.6. The van der Waals surface area contributed by atoms with Gasteiger partial charge >= 0.3 is 5.63 Å². The van der Waals surface area contributed by atoms with Crippen molar-refractivity contribution in [1.82, 2.24) is 0 Å². The number of hydrogen-bond acceptors (Lipinski definition) is 4. The van der Waals surface area contributed by atoms with Gasteiger partial charge in [-0.2, -0.15) is 0 Å². The van der Waals surface area contributed by atoms with Crippen molar-refractivity contribution in [2.45, 2.75) is 20.3 Å². The van der Waals surface area contributed by atoms with Gasteiger partial charge in [-0.1, -0.05) is 37.3 Å². The van der Waals surface area contributed by atoms with E-state index in [1.165, 1.54) is 0 Å². The zero-order chi connectivity index (χ0) is 16.7. The molecule has 0 atom stereocenters. The molecular weight excluding hydrogens is 302 g/mol. The summed E-state index contributed by atoms with van der Waals surface area (Å²) in [6.45, 7) is 4.31. The minimum Gasteiger partial charge on any atom is -0.485 e. The number of aryl methyl sites for hydroxylation is 1. The lowest BCUT2D eigenvalue weighted by molar-refractivity contribution is 0.372. The van der Waals surface area contributed by atoms with Crippen molar-refractivity contribution in [3.8, 4) is 5.75 Å². The average molecular weight is 319 g/mol. The highest BCUT2D eigenvalue weighted by atomic mass is 16.5. The van der Waals surface area contributed by atoms with Gasteiger partial charge in [0.05, 0.1) is 5.71 Å². The van der Waals surface area contributed by atoms with Crippen LogP contribution in [0.25, 0.3) is 11.0 Å². The van der Waals surface area contributed by atoms with Crippen LogP contribution in [-0.4, -0.2) is 12.3 Å². The average Bonchev–Trinajstić information content (AvgIpc) is 2.62. The Kier molecular flexibility index (Phi) is 3.45. The van der Waals surface area contributed by atoms with Crippen LogP contribution in [-0.2, 0) is 6.42 Å². The van der Waals surface area contributed by atoms with Crippen molar-refractivity contribution >= 4 is 22.4 Å². The normalized spacial score (nSPS) is 13.3. The second kappa shape index (κ2) is 5.64. The fourth-order valence-corrected chi connectivity index (χ4v) is 3.15. The smallest absolute Gasteiger partial charge is 0.339 e. The molecule has 0 saturated carbocycles. The minimum absolute atomic E-state index is 0.294. The number of nitrogens with zero attached hydrogens (tertiary/aromatic N) is 1. The number of aliphatic imine (C=N–C) groups is 1. The Morgan fingerprint density at radius 1 is 1.12 bits per heavy atom. The van der Waals surface area contributed by atoms with E-state index in [9.17, 15) is 4.79 Å². The van der Waals surface area contributed by atoms with Crippen molar-refractivity contribution in [3.63, 3.8) is 0 Å². The van der Waals surface area contributed by atoms with Gasteiger partial charge in [0.25, 0.3) is 0 Å². The van der Waals surface area contributed by atoms with Crippen LogP contribution in [0.2, 0.25) is 0 Å². The third-order valence-corrected chi connectivity index (χ3v) is 4.46. The van der Waals surface area contributed by atoms with Crippen LogP contribution in [0, 0.1) is 6.92 Å². The Balaban J connectivity index is 1.99. The molecule has 1 aliphatic rings. The maximum Gasteiger partial charge on any atom is 0.339 e. The third-order valence-electron chi connectivity index (χ3n) is 4.46. The molecular formula is C20H17NO3. The molecule has 4 rings (SSSR count). The maximum absolute atomic E-state index is 12.3. The maximum atomic E-state index is 12.3. The monoisotopic (exact) mass is 319 g/mol. The van der Waals surface area contributed by atoms with Gasteiger partial charge < -0.3 is 9.15 Å². The van der Waals surface area contributed by atoms with Gasteiger partial charge in [0, 0.05) is 10.9 Å². The van der Waals surface area contributed by atoms with Crippen molar-refractivity contribution < 1.29 is 9.15 Å². The highest BCUT2D eigenvalue weighted by molar-refractivity contribution is 6.07. The van der Waals surface area contributed by atoms with Crippen LogP contribution < -0.4 is 10.4 Å². The predicted octanol–water partition coefficient (Wildman–Crippen LogP) is 4.18. The summed E-state index contributed by atoms with van der Waals surface area (Å²) < 4.78 is 11.4. The molecule has 4 nitrogen and oxygen atoms in total. The van der Waals surface area contributed by atoms with Gasteiger partial charge in [0.1, 0.15) is 18.0 Å². The number of ether oxygens (including phenoxy) is 1. The first-order chi connectivity index (χ1) is 11.7. The van der Waals surface area contributed by atoms with Crippen molar-refractivity contribution in [3.05, 3.63) is 69.6 Å². The van der Waals surface area contributed by atoms with Crippen LogP contribution >= 0.6 is 0 Å². The van der Waals surface area contributed by atoms with E-state index in [4.69, 9.17) is 14.1 Å². The zero-order valence-electron chi connectivity index (χ0n) is 13.6. The number of benzene rings is 2. The van der Waals surface area contributed by atoms with Gasteiger partial charge in [-0.3, -0.25) is 0 Å². The summed E-state index contributed by atoms with van der Waals surface area (Å²) in [4.78, 5) is 17.0. The van der Waals surface area contributed by atoms with E-state index in [0.717, 1.165) is 22.2 Å². The summed E-state index contributed by atoms with van der Waals surface area (Å²) in [7, 11) is 0.